The summed E-state index contributed by atoms with van der Waals surface area (Å²) in [6.07, 6.45) is 0. The minimum atomic E-state index is 0.429. The third kappa shape index (κ3) is 5.51. The topological polar surface area (TPSA) is 61.3 Å². The van der Waals surface area contributed by atoms with Gasteiger partial charge in [0.15, 0.2) is 5.75 Å². The number of hydrogen-bond donors (Lipinski definition) is 2. The van der Waals surface area contributed by atoms with E-state index >= 15 is 0 Å². The molecule has 4 aromatic rings. The van der Waals surface area contributed by atoms with E-state index < -0.39 is 0 Å². The Hall–Kier alpha value is -4.60. The van der Waals surface area contributed by atoms with Crippen molar-refractivity contribution in [3.8, 4) is 29.4 Å². The molecular formula is C29H22N2O. The van der Waals surface area contributed by atoms with Gasteiger partial charge in [0.05, 0.1) is 11.1 Å². The first-order valence-electron chi connectivity index (χ1n) is 10.2. The van der Waals surface area contributed by atoms with Crippen LogP contribution in [0.1, 0.15) is 27.8 Å². The molecule has 0 saturated carbocycles. The van der Waals surface area contributed by atoms with Crippen molar-refractivity contribution >= 4 is 11.4 Å². The zero-order valence-corrected chi connectivity index (χ0v) is 17.5. The Labute approximate surface area is 188 Å². The Morgan fingerprint density at radius 1 is 0.531 bits per heavy atom. The largest absolute Gasteiger partial charge is 0.486 e. The second-order valence-corrected chi connectivity index (χ2v) is 7.20. The second-order valence-electron chi connectivity index (χ2n) is 7.20. The number of benzene rings is 4. The van der Waals surface area contributed by atoms with Crippen molar-refractivity contribution in [1.82, 2.24) is 0 Å². The van der Waals surface area contributed by atoms with E-state index in [9.17, 15) is 0 Å². The van der Waals surface area contributed by atoms with Gasteiger partial charge in [0, 0.05) is 22.5 Å². The van der Waals surface area contributed by atoms with E-state index in [0.29, 0.717) is 23.7 Å². The Balaban J connectivity index is 1.69. The van der Waals surface area contributed by atoms with Crippen LogP contribution in [-0.4, -0.2) is 0 Å². The normalized spacial score (nSPS) is 9.75. The molecule has 3 nitrogen and oxygen atoms in total. The van der Waals surface area contributed by atoms with Gasteiger partial charge in [0.25, 0.3) is 0 Å². The maximum atomic E-state index is 6.22. The minimum absolute atomic E-state index is 0.429. The Bertz CT molecular complexity index is 1240. The average Bonchev–Trinajstić information content (AvgIpc) is 2.83. The molecule has 0 spiro atoms. The van der Waals surface area contributed by atoms with Gasteiger partial charge < -0.3 is 16.2 Å². The van der Waals surface area contributed by atoms with Crippen LogP contribution in [0.2, 0.25) is 0 Å². The van der Waals surface area contributed by atoms with Gasteiger partial charge in [-0.05, 0) is 66.2 Å². The highest BCUT2D eigenvalue weighted by molar-refractivity contribution is 5.60. The number of nitrogens with two attached hydrogens (primary N) is 2. The van der Waals surface area contributed by atoms with Crippen molar-refractivity contribution in [2.24, 2.45) is 0 Å². The summed E-state index contributed by atoms with van der Waals surface area (Å²) in [5, 5.41) is 0. The highest BCUT2D eigenvalue weighted by atomic mass is 16.5. The fraction of sp³-hybridized carbons (Fsp3) is 0.0345. The predicted octanol–water partition coefficient (Wildman–Crippen LogP) is 5.23. The van der Waals surface area contributed by atoms with Crippen LogP contribution >= 0.6 is 0 Å². The molecule has 0 aromatic heterocycles. The molecule has 4 aromatic carbocycles. The first-order valence-corrected chi connectivity index (χ1v) is 10.2. The lowest BCUT2D eigenvalue weighted by Crippen LogP contribution is -1.99. The molecule has 4 N–H and O–H groups in total. The molecule has 154 valence electrons. The van der Waals surface area contributed by atoms with Crippen LogP contribution in [0, 0.1) is 23.7 Å². The quantitative estimate of drug-likeness (QED) is 0.356. The van der Waals surface area contributed by atoms with Crippen LogP contribution in [0.15, 0.2) is 97.1 Å². The van der Waals surface area contributed by atoms with E-state index in [1.165, 1.54) is 0 Å². The van der Waals surface area contributed by atoms with Crippen LogP contribution < -0.4 is 16.2 Å². The van der Waals surface area contributed by atoms with Crippen molar-refractivity contribution in [2.45, 2.75) is 6.61 Å². The number of para-hydroxylation sites is 1. The SMILES string of the molecule is Nc1ccc(C#Cc2cccc(C#Cc3ccc(N)cc3)c2OCc2ccccc2)cc1. The molecule has 0 aliphatic heterocycles. The van der Waals surface area contributed by atoms with E-state index in [4.69, 9.17) is 16.2 Å². The van der Waals surface area contributed by atoms with Gasteiger partial charge in [0.1, 0.15) is 6.61 Å². The molecule has 0 saturated heterocycles. The molecule has 0 aliphatic carbocycles. The van der Waals surface area contributed by atoms with Crippen LogP contribution in [0.4, 0.5) is 11.4 Å². The molecule has 4 rings (SSSR count). The van der Waals surface area contributed by atoms with E-state index in [2.05, 4.69) is 23.7 Å². The monoisotopic (exact) mass is 414 g/mol. The summed E-state index contributed by atoms with van der Waals surface area (Å²) in [5.41, 5.74) is 17.4. The van der Waals surface area contributed by atoms with Crippen LogP contribution in [0.3, 0.4) is 0 Å². The van der Waals surface area contributed by atoms with Gasteiger partial charge in [-0.3, -0.25) is 0 Å². The molecule has 32 heavy (non-hydrogen) atoms. The van der Waals surface area contributed by atoms with Crippen LogP contribution in [-0.2, 0) is 6.61 Å². The fourth-order valence-corrected chi connectivity index (χ4v) is 3.03. The maximum Gasteiger partial charge on any atom is 0.151 e. The standard InChI is InChI=1S/C29H22N2O/c30-27-17-11-22(12-18-27)9-15-25-7-4-8-26(16-10-23-13-19-28(31)20-14-23)29(25)32-21-24-5-2-1-3-6-24/h1-8,11-14,17-20H,21,30-31H2. The van der Waals surface area contributed by atoms with Crippen molar-refractivity contribution in [3.05, 3.63) is 125 Å². The van der Waals surface area contributed by atoms with Crippen molar-refractivity contribution in [3.63, 3.8) is 0 Å². The lowest BCUT2D eigenvalue weighted by Gasteiger charge is -2.11. The van der Waals surface area contributed by atoms with Gasteiger partial charge in [-0.1, -0.05) is 60.1 Å². The Morgan fingerprint density at radius 3 is 1.53 bits per heavy atom. The smallest absolute Gasteiger partial charge is 0.151 e. The van der Waals surface area contributed by atoms with Crippen LogP contribution in [0.5, 0.6) is 5.75 Å². The summed E-state index contributed by atoms with van der Waals surface area (Å²) in [4.78, 5) is 0. The zero-order chi connectivity index (χ0) is 22.2. The molecule has 0 heterocycles. The van der Waals surface area contributed by atoms with Gasteiger partial charge in [0.2, 0.25) is 0 Å². The minimum Gasteiger partial charge on any atom is -0.486 e. The van der Waals surface area contributed by atoms with E-state index in [-0.39, 0.29) is 0 Å². The lowest BCUT2D eigenvalue weighted by atomic mass is 10.1. The number of rotatable bonds is 3. The second kappa shape index (κ2) is 9.94. The number of nitrogen functional groups attached to an aromatic ring is 2. The summed E-state index contributed by atoms with van der Waals surface area (Å²) in [5.74, 6) is 13.5. The van der Waals surface area contributed by atoms with Gasteiger partial charge >= 0.3 is 0 Å². The molecule has 0 unspecified atom stereocenters. The molecule has 0 bridgehead atoms. The number of ether oxygens (including phenoxy) is 1. The van der Waals surface area contributed by atoms with Crippen molar-refractivity contribution in [2.75, 3.05) is 11.5 Å². The maximum absolute atomic E-state index is 6.22. The van der Waals surface area contributed by atoms with Gasteiger partial charge in [-0.15, -0.1) is 0 Å². The van der Waals surface area contributed by atoms with E-state index in [1.54, 1.807) is 0 Å². The van der Waals surface area contributed by atoms with Gasteiger partial charge in [-0.2, -0.15) is 0 Å². The third-order valence-electron chi connectivity index (χ3n) is 4.75. The fourth-order valence-electron chi connectivity index (χ4n) is 3.03. The molecule has 3 heteroatoms. The highest BCUT2D eigenvalue weighted by Gasteiger charge is 2.08. The zero-order valence-electron chi connectivity index (χ0n) is 17.5. The van der Waals surface area contributed by atoms with Gasteiger partial charge in [-0.25, -0.2) is 0 Å². The summed E-state index contributed by atoms with van der Waals surface area (Å²) in [7, 11) is 0. The Morgan fingerprint density at radius 2 is 1.03 bits per heavy atom. The first-order chi connectivity index (χ1) is 15.7. The molecule has 0 radical (unpaired) electrons. The predicted molar refractivity (Wildman–Crippen MR) is 131 cm³/mol. The Kier molecular flexibility index (Phi) is 6.42. The van der Waals surface area contributed by atoms with Crippen LogP contribution in [0.25, 0.3) is 0 Å². The lowest BCUT2D eigenvalue weighted by molar-refractivity contribution is 0.304. The number of hydrogen-bond acceptors (Lipinski definition) is 3. The highest BCUT2D eigenvalue weighted by Crippen LogP contribution is 2.24. The molecule has 0 atom stereocenters. The molecule has 0 fully saturated rings. The summed E-state index contributed by atoms with van der Waals surface area (Å²) >= 11 is 0. The first kappa shape index (κ1) is 20.7. The molecule has 0 amide bonds. The summed E-state index contributed by atoms with van der Waals surface area (Å²) in [6.45, 7) is 0.429. The van der Waals surface area contributed by atoms with Crippen molar-refractivity contribution in [1.29, 1.82) is 0 Å². The third-order valence-corrected chi connectivity index (χ3v) is 4.75. The number of anilines is 2. The average molecular weight is 415 g/mol. The summed E-state index contributed by atoms with van der Waals surface area (Å²) < 4.78 is 6.22. The van der Waals surface area contributed by atoms with E-state index in [0.717, 1.165) is 27.8 Å². The summed E-state index contributed by atoms with van der Waals surface area (Å²) in [6, 6.07) is 30.8. The van der Waals surface area contributed by atoms with E-state index in [1.807, 2.05) is 97.1 Å². The molecule has 0 aliphatic rings. The van der Waals surface area contributed by atoms with Crippen molar-refractivity contribution < 1.29 is 4.74 Å². The molecular weight excluding hydrogens is 392 g/mol.